The fourth-order valence-electron chi connectivity index (χ4n) is 3.46. The van der Waals surface area contributed by atoms with Gasteiger partial charge in [-0.15, -0.1) is 0 Å². The Bertz CT molecular complexity index is 1320. The Balaban J connectivity index is 1.70. The molecule has 190 valence electrons. The second kappa shape index (κ2) is 12.2. The average Bonchev–Trinajstić information content (AvgIpc) is 2.87. The fourth-order valence-corrected chi connectivity index (χ4v) is 3.46. The summed E-state index contributed by atoms with van der Waals surface area (Å²) >= 11 is 0. The molecule has 3 aromatic rings. The Kier molecular flexibility index (Phi) is 8.87. The molecule has 3 N–H and O–H groups in total. The molecule has 0 bridgehead atoms. The summed E-state index contributed by atoms with van der Waals surface area (Å²) in [4.78, 5) is 53.2. The van der Waals surface area contributed by atoms with E-state index in [-0.39, 0.29) is 24.6 Å². The van der Waals surface area contributed by atoms with Gasteiger partial charge in [-0.1, -0.05) is 42.5 Å². The molecule has 1 amide bonds. The third-order valence-corrected chi connectivity index (χ3v) is 5.14. The van der Waals surface area contributed by atoms with Crippen LogP contribution in [0, 0.1) is 0 Å². The van der Waals surface area contributed by atoms with Gasteiger partial charge in [-0.05, 0) is 31.5 Å². The van der Waals surface area contributed by atoms with E-state index in [0.29, 0.717) is 18.1 Å². The van der Waals surface area contributed by atoms with E-state index in [1.165, 1.54) is 0 Å². The number of amides is 1. The van der Waals surface area contributed by atoms with Gasteiger partial charge < -0.3 is 24.8 Å². The number of rotatable bonds is 11. The van der Waals surface area contributed by atoms with Crippen LogP contribution in [0.4, 0.5) is 11.5 Å². The van der Waals surface area contributed by atoms with Crippen LogP contribution in [0.1, 0.15) is 19.4 Å². The lowest BCUT2D eigenvalue weighted by atomic mass is 10.2. The number of nitrogens with two attached hydrogens (primary N) is 1. The molecule has 1 heterocycles. The molecule has 11 heteroatoms. The van der Waals surface area contributed by atoms with E-state index in [0.717, 1.165) is 15.0 Å². The Morgan fingerprint density at radius 2 is 1.58 bits per heavy atom. The van der Waals surface area contributed by atoms with Gasteiger partial charge in [0.15, 0.2) is 30.4 Å². The van der Waals surface area contributed by atoms with Crippen molar-refractivity contribution in [2.75, 3.05) is 37.0 Å². The van der Waals surface area contributed by atoms with Crippen LogP contribution in [-0.4, -0.2) is 47.8 Å². The highest BCUT2D eigenvalue weighted by atomic mass is 16.6. The van der Waals surface area contributed by atoms with Crippen LogP contribution in [0.15, 0.2) is 64.2 Å². The van der Waals surface area contributed by atoms with Gasteiger partial charge in [-0.3, -0.25) is 19.1 Å². The molecule has 0 aliphatic carbocycles. The number of hydrogen-bond donors (Lipinski definition) is 2. The lowest BCUT2D eigenvalue weighted by Gasteiger charge is -2.23. The number of nitrogen functional groups attached to an aromatic ring is 1. The molecule has 36 heavy (non-hydrogen) atoms. The van der Waals surface area contributed by atoms with Crippen LogP contribution >= 0.6 is 0 Å². The minimum atomic E-state index is -0.820. The Morgan fingerprint density at radius 1 is 0.944 bits per heavy atom. The largest absolute Gasteiger partial charge is 0.490 e. The van der Waals surface area contributed by atoms with Crippen LogP contribution in [0.3, 0.4) is 0 Å². The molecule has 0 spiro atoms. The third-order valence-electron chi connectivity index (χ3n) is 5.14. The maximum absolute atomic E-state index is 12.8. The van der Waals surface area contributed by atoms with Gasteiger partial charge in [0.05, 0.1) is 13.2 Å². The van der Waals surface area contributed by atoms with Crippen molar-refractivity contribution in [3.8, 4) is 11.5 Å². The fraction of sp³-hybridized carbons (Fsp3) is 0.280. The second-order valence-corrected chi connectivity index (χ2v) is 7.53. The number of esters is 1. The van der Waals surface area contributed by atoms with Crippen LogP contribution in [0.25, 0.3) is 0 Å². The van der Waals surface area contributed by atoms with E-state index in [4.69, 9.17) is 19.9 Å². The Labute approximate surface area is 207 Å². The summed E-state index contributed by atoms with van der Waals surface area (Å²) in [6.45, 7) is 2.91. The van der Waals surface area contributed by atoms with Crippen molar-refractivity contribution in [3.05, 3.63) is 81.0 Å². The van der Waals surface area contributed by atoms with Crippen molar-refractivity contribution in [2.45, 2.75) is 20.4 Å². The highest BCUT2D eigenvalue weighted by molar-refractivity contribution is 5.97. The maximum atomic E-state index is 12.8. The molecular weight excluding hydrogens is 468 g/mol. The minimum Gasteiger partial charge on any atom is -0.490 e. The molecule has 0 unspecified atom stereocenters. The Hall–Kier alpha value is -4.54. The van der Waals surface area contributed by atoms with E-state index < -0.39 is 36.3 Å². The van der Waals surface area contributed by atoms with Gasteiger partial charge in [0.1, 0.15) is 5.82 Å². The average molecular weight is 497 g/mol. The molecule has 0 aliphatic heterocycles. The van der Waals surface area contributed by atoms with E-state index in [9.17, 15) is 19.2 Å². The molecule has 0 aliphatic rings. The van der Waals surface area contributed by atoms with Crippen molar-refractivity contribution >= 4 is 23.4 Å². The van der Waals surface area contributed by atoms with Gasteiger partial charge >= 0.3 is 11.7 Å². The summed E-state index contributed by atoms with van der Waals surface area (Å²) in [6.07, 6.45) is 0. The molecule has 0 atom stereocenters. The third kappa shape index (κ3) is 6.32. The highest BCUT2D eigenvalue weighted by Gasteiger charge is 2.24. The first-order valence-electron chi connectivity index (χ1n) is 11.3. The van der Waals surface area contributed by atoms with Crippen LogP contribution < -0.4 is 31.4 Å². The quantitative estimate of drug-likeness (QED) is 0.380. The number of nitrogens with one attached hydrogen (secondary N) is 1. The first kappa shape index (κ1) is 26.1. The number of carbonyl (C=O) groups is 2. The molecule has 11 nitrogen and oxygen atoms in total. The first-order valence-corrected chi connectivity index (χ1v) is 11.3. The van der Waals surface area contributed by atoms with Crippen molar-refractivity contribution in [1.82, 2.24) is 9.55 Å². The zero-order valence-corrected chi connectivity index (χ0v) is 20.1. The maximum Gasteiger partial charge on any atom is 0.344 e. The number of para-hydroxylation sites is 2. The van der Waals surface area contributed by atoms with Crippen molar-refractivity contribution in [2.24, 2.45) is 0 Å². The van der Waals surface area contributed by atoms with E-state index in [1.54, 1.807) is 55.5 Å². The number of likely N-dealkylation sites (N-methyl/N-ethyl adjacent to an activating group) is 1. The summed E-state index contributed by atoms with van der Waals surface area (Å²) < 4.78 is 17.1. The van der Waals surface area contributed by atoms with Gasteiger partial charge in [0.25, 0.3) is 11.5 Å². The molecule has 2 aromatic carbocycles. The normalized spacial score (nSPS) is 10.5. The van der Waals surface area contributed by atoms with Gasteiger partial charge in [-0.2, -0.15) is 0 Å². The van der Waals surface area contributed by atoms with Gasteiger partial charge in [0, 0.05) is 6.54 Å². The minimum absolute atomic E-state index is 0.0471. The number of nitrogens with zero attached hydrogens (tertiary/aromatic N) is 2. The number of ether oxygens (including phenoxy) is 3. The summed E-state index contributed by atoms with van der Waals surface area (Å²) in [5.74, 6) is -0.826. The van der Waals surface area contributed by atoms with Crippen LogP contribution in [0.2, 0.25) is 0 Å². The van der Waals surface area contributed by atoms with E-state index in [1.807, 2.05) is 13.0 Å². The predicted octanol–water partition coefficient (Wildman–Crippen LogP) is 1.54. The first-order chi connectivity index (χ1) is 17.3. The lowest BCUT2D eigenvalue weighted by molar-refractivity contribution is -0.149. The van der Waals surface area contributed by atoms with Crippen molar-refractivity contribution in [3.63, 3.8) is 0 Å². The highest BCUT2D eigenvalue weighted by Crippen LogP contribution is 2.26. The molecular formula is C25H28N4O7. The number of H-pyrrole nitrogens is 1. The van der Waals surface area contributed by atoms with E-state index >= 15 is 0 Å². The topological polar surface area (TPSA) is 146 Å². The van der Waals surface area contributed by atoms with Crippen LogP contribution in [0.5, 0.6) is 11.5 Å². The smallest absolute Gasteiger partial charge is 0.344 e. The predicted molar refractivity (Wildman–Crippen MR) is 133 cm³/mol. The Morgan fingerprint density at radius 3 is 2.22 bits per heavy atom. The summed E-state index contributed by atoms with van der Waals surface area (Å²) in [7, 11) is 0. The molecule has 0 saturated heterocycles. The summed E-state index contributed by atoms with van der Waals surface area (Å²) in [5, 5.41) is 0. The lowest BCUT2D eigenvalue weighted by Crippen LogP contribution is -2.42. The number of anilines is 2. The number of benzene rings is 2. The zero-order valence-electron chi connectivity index (χ0n) is 20.1. The van der Waals surface area contributed by atoms with Crippen molar-refractivity contribution in [1.29, 1.82) is 0 Å². The van der Waals surface area contributed by atoms with Crippen LogP contribution in [-0.2, 0) is 20.9 Å². The summed E-state index contributed by atoms with van der Waals surface area (Å²) in [5.41, 5.74) is 5.22. The molecule has 3 rings (SSSR count). The van der Waals surface area contributed by atoms with Gasteiger partial charge in [0.2, 0.25) is 0 Å². The van der Waals surface area contributed by atoms with Crippen molar-refractivity contribution < 1.29 is 23.8 Å². The zero-order chi connectivity index (χ0) is 26.1. The number of aromatic amines is 1. The molecule has 1 aromatic heterocycles. The monoisotopic (exact) mass is 496 g/mol. The number of hydrogen-bond acceptors (Lipinski definition) is 8. The molecule has 0 radical (unpaired) electrons. The SMILES string of the molecule is CCOc1ccccc1OCC(=O)OCC(=O)N(CC)c1c(N)n(Cc2ccccc2)c(=O)[nH]c1=O. The van der Waals surface area contributed by atoms with Gasteiger partial charge in [-0.25, -0.2) is 9.59 Å². The molecule has 0 fully saturated rings. The standard InChI is InChI=1S/C25H28N4O7/c1-3-28(20(30)15-36-21(31)16-35-19-13-9-8-12-18(19)34-4-2)22-23(26)29(25(33)27-24(22)32)14-17-10-6-5-7-11-17/h5-13H,3-4,14-16,26H2,1-2H3,(H,27,32,33). The summed E-state index contributed by atoms with van der Waals surface area (Å²) in [6, 6.07) is 15.9. The second-order valence-electron chi connectivity index (χ2n) is 7.53. The number of aromatic nitrogens is 2. The number of carbonyl (C=O) groups excluding carboxylic acids is 2. The molecule has 0 saturated carbocycles. The van der Waals surface area contributed by atoms with E-state index in [2.05, 4.69) is 4.98 Å².